The van der Waals surface area contributed by atoms with Gasteiger partial charge in [0.2, 0.25) is 5.91 Å². The molecule has 1 aliphatic rings. The van der Waals surface area contributed by atoms with Gasteiger partial charge in [-0.15, -0.1) is 0 Å². The Morgan fingerprint density at radius 1 is 1.50 bits per heavy atom. The number of hydroxylamine groups is 2. The van der Waals surface area contributed by atoms with Crippen molar-refractivity contribution in [1.82, 2.24) is 5.06 Å². The summed E-state index contributed by atoms with van der Waals surface area (Å²) in [6, 6.07) is 7.33. The zero-order valence-corrected chi connectivity index (χ0v) is 9.38. The fourth-order valence-corrected chi connectivity index (χ4v) is 2.27. The minimum atomic E-state index is -0.596. The molecule has 86 valence electrons. The Balaban J connectivity index is 2.38. The molecule has 1 aliphatic carbocycles. The molecule has 0 spiro atoms. The molecule has 4 nitrogen and oxygen atoms in total. The van der Waals surface area contributed by atoms with Crippen LogP contribution < -0.4 is 0 Å². The topological polar surface area (TPSA) is 49.8 Å². The Morgan fingerprint density at radius 3 is 2.81 bits per heavy atom. The van der Waals surface area contributed by atoms with E-state index in [1.165, 1.54) is 19.1 Å². The second-order valence-electron chi connectivity index (χ2n) is 3.94. The van der Waals surface area contributed by atoms with Crippen LogP contribution in [0.1, 0.15) is 24.1 Å². The van der Waals surface area contributed by atoms with Crippen molar-refractivity contribution in [3.63, 3.8) is 0 Å². The van der Waals surface area contributed by atoms with Crippen molar-refractivity contribution in [1.29, 1.82) is 0 Å². The summed E-state index contributed by atoms with van der Waals surface area (Å²) in [4.78, 5) is 16.5. The van der Waals surface area contributed by atoms with Crippen molar-refractivity contribution in [3.8, 4) is 0 Å². The van der Waals surface area contributed by atoms with E-state index in [1.807, 2.05) is 24.3 Å². The lowest BCUT2D eigenvalue weighted by atomic mass is 10.1. The number of nitrogens with zero attached hydrogens (tertiary/aromatic N) is 1. The first-order valence-electron chi connectivity index (χ1n) is 5.25. The predicted molar refractivity (Wildman–Crippen MR) is 58.4 cm³/mol. The molecular formula is C12H15NO3. The number of aliphatic hydroxyl groups excluding tert-OH is 1. The molecule has 16 heavy (non-hydrogen) atoms. The van der Waals surface area contributed by atoms with Crippen molar-refractivity contribution >= 4 is 5.91 Å². The average molecular weight is 221 g/mol. The molecule has 0 saturated carbocycles. The Morgan fingerprint density at radius 2 is 2.19 bits per heavy atom. The van der Waals surface area contributed by atoms with E-state index in [0.717, 1.165) is 11.1 Å². The maximum absolute atomic E-state index is 11.4. The fraction of sp³-hybridized carbons (Fsp3) is 0.417. The molecule has 1 amide bonds. The number of aliphatic hydroxyl groups is 1. The van der Waals surface area contributed by atoms with Gasteiger partial charge in [0.25, 0.3) is 0 Å². The van der Waals surface area contributed by atoms with Gasteiger partial charge in [0.1, 0.15) is 6.04 Å². The molecule has 0 bridgehead atoms. The molecule has 2 atom stereocenters. The van der Waals surface area contributed by atoms with Crippen molar-refractivity contribution in [2.75, 3.05) is 7.11 Å². The van der Waals surface area contributed by atoms with Crippen LogP contribution >= 0.6 is 0 Å². The lowest BCUT2D eigenvalue weighted by molar-refractivity contribution is -0.196. The number of rotatable bonds is 2. The summed E-state index contributed by atoms with van der Waals surface area (Å²) < 4.78 is 0. The van der Waals surface area contributed by atoms with Gasteiger partial charge in [-0.05, 0) is 11.1 Å². The average Bonchev–Trinajstić information content (AvgIpc) is 2.57. The molecule has 0 saturated heterocycles. The van der Waals surface area contributed by atoms with Gasteiger partial charge >= 0.3 is 0 Å². The van der Waals surface area contributed by atoms with Gasteiger partial charge in [0.05, 0.1) is 13.2 Å². The summed E-state index contributed by atoms with van der Waals surface area (Å²) in [5.74, 6) is -0.205. The predicted octanol–water partition coefficient (Wildman–Crippen LogP) is 1.05. The summed E-state index contributed by atoms with van der Waals surface area (Å²) >= 11 is 0. The molecule has 0 aliphatic heterocycles. The number of amides is 1. The lowest BCUT2D eigenvalue weighted by Gasteiger charge is -2.28. The molecule has 1 N–H and O–H groups in total. The Kier molecular flexibility index (Phi) is 2.94. The van der Waals surface area contributed by atoms with Crippen molar-refractivity contribution in [2.45, 2.75) is 25.5 Å². The van der Waals surface area contributed by atoms with Crippen LogP contribution in [0.3, 0.4) is 0 Å². The summed E-state index contributed by atoms with van der Waals surface area (Å²) in [5, 5.41) is 11.2. The van der Waals surface area contributed by atoms with Crippen LogP contribution in [-0.2, 0) is 16.1 Å². The van der Waals surface area contributed by atoms with Crippen LogP contribution in [0, 0.1) is 0 Å². The molecule has 2 rings (SSSR count). The van der Waals surface area contributed by atoms with Gasteiger partial charge in [-0.2, -0.15) is 0 Å². The molecular weight excluding hydrogens is 206 g/mol. The SMILES string of the molecule is CON(C(C)=O)C1c2ccccc2CC1O. The normalized spacial score (nSPS) is 22.9. The first-order valence-corrected chi connectivity index (χ1v) is 5.25. The quantitative estimate of drug-likeness (QED) is 0.759. The smallest absolute Gasteiger partial charge is 0.243 e. The summed E-state index contributed by atoms with van der Waals surface area (Å²) in [6.45, 7) is 1.43. The maximum atomic E-state index is 11.4. The van der Waals surface area contributed by atoms with E-state index in [9.17, 15) is 9.90 Å². The number of hydrogen-bond acceptors (Lipinski definition) is 3. The van der Waals surface area contributed by atoms with Crippen molar-refractivity contribution in [2.24, 2.45) is 0 Å². The highest BCUT2D eigenvalue weighted by molar-refractivity contribution is 5.73. The maximum Gasteiger partial charge on any atom is 0.243 e. The van der Waals surface area contributed by atoms with Gasteiger partial charge in [-0.25, -0.2) is 5.06 Å². The van der Waals surface area contributed by atoms with Crippen LogP contribution in [0.2, 0.25) is 0 Å². The van der Waals surface area contributed by atoms with Crippen molar-refractivity contribution < 1.29 is 14.7 Å². The largest absolute Gasteiger partial charge is 0.390 e. The molecule has 4 heteroatoms. The Hall–Kier alpha value is -1.39. The second-order valence-corrected chi connectivity index (χ2v) is 3.94. The fourth-order valence-electron chi connectivity index (χ4n) is 2.27. The third-order valence-corrected chi connectivity index (χ3v) is 2.93. The minimum absolute atomic E-state index is 0.205. The number of hydrogen-bond donors (Lipinski definition) is 1. The van der Waals surface area contributed by atoms with E-state index in [-0.39, 0.29) is 5.91 Å². The van der Waals surface area contributed by atoms with Crippen LogP contribution in [0.15, 0.2) is 24.3 Å². The molecule has 0 fully saturated rings. The van der Waals surface area contributed by atoms with Crippen LogP contribution in [0.4, 0.5) is 0 Å². The summed E-state index contributed by atoms with van der Waals surface area (Å²) in [7, 11) is 1.44. The van der Waals surface area contributed by atoms with Crippen LogP contribution in [0.25, 0.3) is 0 Å². The van der Waals surface area contributed by atoms with E-state index < -0.39 is 12.1 Å². The van der Waals surface area contributed by atoms with E-state index in [2.05, 4.69) is 0 Å². The highest BCUT2D eigenvalue weighted by Crippen LogP contribution is 2.35. The zero-order valence-electron chi connectivity index (χ0n) is 9.38. The van der Waals surface area contributed by atoms with Crippen LogP contribution in [0.5, 0.6) is 0 Å². The number of carbonyl (C=O) groups is 1. The van der Waals surface area contributed by atoms with E-state index in [1.54, 1.807) is 0 Å². The molecule has 0 radical (unpaired) electrons. The molecule has 1 aromatic carbocycles. The van der Waals surface area contributed by atoms with E-state index in [4.69, 9.17) is 4.84 Å². The highest BCUT2D eigenvalue weighted by atomic mass is 16.7. The summed E-state index contributed by atoms with van der Waals surface area (Å²) in [5.41, 5.74) is 2.04. The molecule has 0 aromatic heterocycles. The Labute approximate surface area is 94.4 Å². The third-order valence-electron chi connectivity index (χ3n) is 2.93. The summed E-state index contributed by atoms with van der Waals surface area (Å²) in [6.07, 6.45) is -0.0326. The Bertz CT molecular complexity index is 405. The van der Waals surface area contributed by atoms with Gasteiger partial charge in [0, 0.05) is 13.3 Å². The van der Waals surface area contributed by atoms with Gasteiger partial charge in [-0.3, -0.25) is 9.63 Å². The minimum Gasteiger partial charge on any atom is -0.390 e. The van der Waals surface area contributed by atoms with E-state index >= 15 is 0 Å². The molecule has 2 unspecified atom stereocenters. The first kappa shape index (κ1) is 11.1. The third kappa shape index (κ3) is 1.70. The monoisotopic (exact) mass is 221 g/mol. The van der Waals surface area contributed by atoms with Gasteiger partial charge in [-0.1, -0.05) is 24.3 Å². The van der Waals surface area contributed by atoms with Gasteiger partial charge < -0.3 is 5.11 Å². The first-order chi connectivity index (χ1) is 7.65. The highest BCUT2D eigenvalue weighted by Gasteiger charge is 2.37. The second kappa shape index (κ2) is 4.23. The standard InChI is InChI=1S/C12H15NO3/c1-8(14)13(16-2)12-10-6-4-3-5-9(10)7-11(12)15/h3-6,11-12,15H,7H2,1-2H3. The number of benzene rings is 1. The molecule has 1 aromatic rings. The molecule has 0 heterocycles. The van der Waals surface area contributed by atoms with Crippen LogP contribution in [-0.4, -0.2) is 29.3 Å². The zero-order chi connectivity index (χ0) is 11.7. The number of fused-ring (bicyclic) bond motifs is 1. The van der Waals surface area contributed by atoms with Gasteiger partial charge in [0.15, 0.2) is 0 Å². The lowest BCUT2D eigenvalue weighted by Crippen LogP contribution is -2.36. The number of carbonyl (C=O) groups excluding carboxylic acids is 1. The van der Waals surface area contributed by atoms with Crippen molar-refractivity contribution in [3.05, 3.63) is 35.4 Å². The van der Waals surface area contributed by atoms with E-state index in [0.29, 0.717) is 6.42 Å².